The number of nitrogens with one attached hydrogen (secondary N) is 2. The van der Waals surface area contributed by atoms with Crippen LogP contribution in [-0.2, 0) is 30.8 Å². The van der Waals surface area contributed by atoms with E-state index in [1.165, 1.54) is 0 Å². The summed E-state index contributed by atoms with van der Waals surface area (Å²) in [6.45, 7) is 4.95. The van der Waals surface area contributed by atoms with Gasteiger partial charge in [-0.2, -0.15) is 0 Å². The first kappa shape index (κ1) is 21.8. The molecule has 2 aliphatic carbocycles. The van der Waals surface area contributed by atoms with Gasteiger partial charge in [-0.3, -0.25) is 14.3 Å². The highest BCUT2D eigenvalue weighted by atomic mass is 32.2. The lowest BCUT2D eigenvalue weighted by atomic mass is 9.70. The third-order valence-corrected chi connectivity index (χ3v) is 8.22. The van der Waals surface area contributed by atoms with Gasteiger partial charge in [0.15, 0.2) is 0 Å². The van der Waals surface area contributed by atoms with Crippen LogP contribution in [0.4, 0.5) is 5.69 Å². The second kappa shape index (κ2) is 8.07. The number of Topliss-reactive ketones (excluding diaryl/α,β-unsaturated/α-hetero) is 1. The lowest BCUT2D eigenvalue weighted by Crippen LogP contribution is -2.43. The van der Waals surface area contributed by atoms with Crippen molar-refractivity contribution in [1.29, 1.82) is 0 Å². The van der Waals surface area contributed by atoms with Crippen LogP contribution in [-0.4, -0.2) is 46.1 Å². The Balaban J connectivity index is 1.62. The maximum absolute atomic E-state index is 12.8. The number of sulfonamides is 1. The van der Waals surface area contributed by atoms with Gasteiger partial charge in [-0.1, -0.05) is 26.0 Å². The van der Waals surface area contributed by atoms with Crippen LogP contribution < -0.4 is 10.0 Å². The molecule has 160 valence electrons. The number of rotatable bonds is 9. The average molecular weight is 423 g/mol. The average Bonchev–Trinajstić information content (AvgIpc) is 2.97. The second-order valence-corrected chi connectivity index (χ2v) is 10.5. The summed E-state index contributed by atoms with van der Waals surface area (Å²) < 4.78 is 33.2. The Morgan fingerprint density at radius 1 is 1.24 bits per heavy atom. The summed E-state index contributed by atoms with van der Waals surface area (Å²) >= 11 is 0. The summed E-state index contributed by atoms with van der Waals surface area (Å²) in [5.74, 6) is 0.0668. The minimum absolute atomic E-state index is 0.0824. The van der Waals surface area contributed by atoms with Crippen LogP contribution in [0.3, 0.4) is 0 Å². The van der Waals surface area contributed by atoms with Crippen LogP contribution in [0.15, 0.2) is 24.3 Å². The van der Waals surface area contributed by atoms with Gasteiger partial charge in [0.25, 0.3) is 0 Å². The Labute approximate surface area is 172 Å². The molecule has 0 aliphatic heterocycles. The molecule has 2 atom stereocenters. The molecule has 3 rings (SSSR count). The molecular formula is C21H30N2O5S. The molecule has 0 radical (unpaired) electrons. The molecule has 2 bridgehead atoms. The molecule has 0 heterocycles. The lowest BCUT2D eigenvalue weighted by Gasteiger charge is -2.36. The van der Waals surface area contributed by atoms with Crippen molar-refractivity contribution >= 4 is 27.4 Å². The standard InChI is InChI=1S/C21H30N2O5S/c1-20(2)16-8-9-21(20,18(24)13-16)14-29(26,27)23-17-6-4-15(5-7-17)12-19(25)22-10-11-28-3/h4-7,16,23H,8-14H2,1-3H3,(H,22,25). The third kappa shape index (κ3) is 4.33. The van der Waals surface area contributed by atoms with Gasteiger partial charge in [0, 0.05) is 25.8 Å². The maximum atomic E-state index is 12.8. The number of anilines is 1. The van der Waals surface area contributed by atoms with Gasteiger partial charge < -0.3 is 10.1 Å². The van der Waals surface area contributed by atoms with Gasteiger partial charge in [0.2, 0.25) is 15.9 Å². The second-order valence-electron chi connectivity index (χ2n) is 8.74. The van der Waals surface area contributed by atoms with Crippen LogP contribution in [0, 0.1) is 16.7 Å². The van der Waals surface area contributed by atoms with Crippen LogP contribution >= 0.6 is 0 Å². The highest BCUT2D eigenvalue weighted by Gasteiger charge is 2.65. The van der Waals surface area contributed by atoms with E-state index in [1.54, 1.807) is 31.4 Å². The largest absolute Gasteiger partial charge is 0.383 e. The van der Waals surface area contributed by atoms with Crippen molar-refractivity contribution in [2.45, 2.75) is 39.5 Å². The first-order valence-electron chi connectivity index (χ1n) is 9.98. The van der Waals surface area contributed by atoms with Gasteiger partial charge in [0.05, 0.1) is 24.2 Å². The zero-order valence-corrected chi connectivity index (χ0v) is 18.1. The molecule has 8 heteroatoms. The highest BCUT2D eigenvalue weighted by Crippen LogP contribution is 2.64. The van der Waals surface area contributed by atoms with E-state index in [1.807, 2.05) is 13.8 Å². The minimum Gasteiger partial charge on any atom is -0.383 e. The molecule has 2 unspecified atom stereocenters. The number of ether oxygens (including phenoxy) is 1. The Kier molecular flexibility index (Phi) is 6.06. The van der Waals surface area contributed by atoms with E-state index in [0.717, 1.165) is 12.0 Å². The predicted octanol–water partition coefficient (Wildman–Crippen LogP) is 2.13. The van der Waals surface area contributed by atoms with Crippen molar-refractivity contribution in [3.8, 4) is 0 Å². The number of ketones is 1. The Bertz CT molecular complexity index is 879. The first-order valence-corrected chi connectivity index (χ1v) is 11.6. The molecule has 29 heavy (non-hydrogen) atoms. The van der Waals surface area contributed by atoms with Crippen LogP contribution in [0.5, 0.6) is 0 Å². The van der Waals surface area contributed by atoms with E-state index in [9.17, 15) is 18.0 Å². The Morgan fingerprint density at radius 3 is 2.48 bits per heavy atom. The van der Waals surface area contributed by atoms with Crippen molar-refractivity contribution < 1.29 is 22.7 Å². The summed E-state index contributed by atoms with van der Waals surface area (Å²) in [4.78, 5) is 24.5. The third-order valence-electron chi connectivity index (χ3n) is 6.80. The number of methoxy groups -OCH3 is 1. The molecule has 0 saturated heterocycles. The van der Waals surface area contributed by atoms with Gasteiger partial charge in [0.1, 0.15) is 5.78 Å². The van der Waals surface area contributed by atoms with Gasteiger partial charge in [-0.15, -0.1) is 0 Å². The molecule has 2 fully saturated rings. The molecule has 1 aromatic rings. The molecule has 1 aromatic carbocycles. The van der Waals surface area contributed by atoms with Crippen molar-refractivity contribution in [3.05, 3.63) is 29.8 Å². The monoisotopic (exact) mass is 422 g/mol. The summed E-state index contributed by atoms with van der Waals surface area (Å²) in [6.07, 6.45) is 2.25. The fourth-order valence-electron chi connectivity index (χ4n) is 4.88. The van der Waals surface area contributed by atoms with Crippen LogP contribution in [0.25, 0.3) is 0 Å². The zero-order valence-electron chi connectivity index (χ0n) is 17.3. The molecule has 2 aliphatic rings. The summed E-state index contributed by atoms with van der Waals surface area (Å²) in [7, 11) is -2.11. The van der Waals surface area contributed by atoms with Gasteiger partial charge in [-0.25, -0.2) is 8.42 Å². The highest BCUT2D eigenvalue weighted by molar-refractivity contribution is 7.92. The number of hydrogen-bond donors (Lipinski definition) is 2. The topological polar surface area (TPSA) is 102 Å². The Morgan fingerprint density at radius 2 is 1.93 bits per heavy atom. The van der Waals surface area contributed by atoms with Crippen molar-refractivity contribution in [1.82, 2.24) is 5.32 Å². The fourth-order valence-corrected chi connectivity index (χ4v) is 6.77. The number of amides is 1. The molecule has 2 N–H and O–H groups in total. The van der Waals surface area contributed by atoms with E-state index < -0.39 is 15.4 Å². The zero-order chi connectivity index (χ0) is 21.3. The number of fused-ring (bicyclic) bond motifs is 2. The minimum atomic E-state index is -3.68. The number of carbonyl (C=O) groups is 2. The molecule has 0 spiro atoms. The van der Waals surface area contributed by atoms with Crippen LogP contribution in [0.2, 0.25) is 0 Å². The van der Waals surface area contributed by atoms with E-state index in [0.29, 0.717) is 31.7 Å². The van der Waals surface area contributed by atoms with Crippen LogP contribution in [0.1, 0.15) is 38.7 Å². The Hall–Kier alpha value is -1.93. The van der Waals surface area contributed by atoms with E-state index in [4.69, 9.17) is 4.74 Å². The summed E-state index contributed by atoms with van der Waals surface area (Å²) in [5, 5.41) is 2.74. The first-order chi connectivity index (χ1) is 13.6. The normalized spacial score (nSPS) is 25.2. The number of benzene rings is 1. The SMILES string of the molecule is COCCNC(=O)Cc1ccc(NS(=O)(=O)CC23CCC(CC2=O)C3(C)C)cc1. The number of carbonyl (C=O) groups excluding carboxylic acids is 2. The summed E-state index contributed by atoms with van der Waals surface area (Å²) in [5.41, 5.74) is 0.137. The molecule has 2 saturated carbocycles. The van der Waals surface area contributed by atoms with Gasteiger partial charge >= 0.3 is 0 Å². The fraction of sp³-hybridized carbons (Fsp3) is 0.619. The number of hydrogen-bond acceptors (Lipinski definition) is 5. The van der Waals surface area contributed by atoms with Crippen molar-refractivity contribution in [2.24, 2.45) is 16.7 Å². The molecular weight excluding hydrogens is 392 g/mol. The maximum Gasteiger partial charge on any atom is 0.233 e. The van der Waals surface area contributed by atoms with Crippen molar-refractivity contribution in [3.63, 3.8) is 0 Å². The smallest absolute Gasteiger partial charge is 0.233 e. The molecule has 7 nitrogen and oxygen atoms in total. The molecule has 1 amide bonds. The van der Waals surface area contributed by atoms with E-state index in [2.05, 4.69) is 10.0 Å². The van der Waals surface area contributed by atoms with Crippen molar-refractivity contribution in [2.75, 3.05) is 30.7 Å². The van der Waals surface area contributed by atoms with E-state index in [-0.39, 0.29) is 35.2 Å². The lowest BCUT2D eigenvalue weighted by molar-refractivity contribution is -0.128. The molecule has 0 aromatic heterocycles. The summed E-state index contributed by atoms with van der Waals surface area (Å²) in [6, 6.07) is 6.74. The van der Waals surface area contributed by atoms with E-state index >= 15 is 0 Å². The quantitative estimate of drug-likeness (QED) is 0.594. The van der Waals surface area contributed by atoms with Gasteiger partial charge in [-0.05, 0) is 41.9 Å². The predicted molar refractivity (Wildman–Crippen MR) is 111 cm³/mol.